The van der Waals surface area contributed by atoms with Crippen LogP contribution in [-0.2, 0) is 10.4 Å². The molecule has 33 heavy (non-hydrogen) atoms. The SMILES string of the molecule is O=C(CCC(=O)N1CCC(C(O)(c2ccccc2)c2ccccc2)CC1)c1ccc(F)cc1. The highest BCUT2D eigenvalue weighted by molar-refractivity contribution is 5.97. The number of rotatable bonds is 7. The Morgan fingerprint density at radius 1 is 0.818 bits per heavy atom. The molecule has 0 saturated carbocycles. The number of ketones is 1. The van der Waals surface area contributed by atoms with Gasteiger partial charge in [-0.25, -0.2) is 4.39 Å². The van der Waals surface area contributed by atoms with Crippen LogP contribution >= 0.6 is 0 Å². The van der Waals surface area contributed by atoms with E-state index in [4.69, 9.17) is 0 Å². The minimum absolute atomic E-state index is 0.0350. The molecular formula is C28H28FNO3. The van der Waals surface area contributed by atoms with E-state index in [1.54, 1.807) is 4.90 Å². The molecule has 0 aliphatic carbocycles. The number of amides is 1. The molecule has 1 saturated heterocycles. The predicted molar refractivity (Wildman–Crippen MR) is 125 cm³/mol. The highest BCUT2D eigenvalue weighted by atomic mass is 19.1. The molecule has 1 aliphatic rings. The molecule has 0 bridgehead atoms. The third-order valence-electron chi connectivity index (χ3n) is 6.60. The highest BCUT2D eigenvalue weighted by Gasteiger charge is 2.42. The van der Waals surface area contributed by atoms with Crippen molar-refractivity contribution in [1.82, 2.24) is 4.90 Å². The van der Waals surface area contributed by atoms with Gasteiger partial charge in [0.1, 0.15) is 11.4 Å². The molecule has 0 unspecified atom stereocenters. The van der Waals surface area contributed by atoms with Crippen molar-refractivity contribution < 1.29 is 19.1 Å². The summed E-state index contributed by atoms with van der Waals surface area (Å²) in [5.74, 6) is -0.656. The van der Waals surface area contributed by atoms with Gasteiger partial charge < -0.3 is 10.0 Å². The third-order valence-corrected chi connectivity index (χ3v) is 6.60. The molecule has 1 fully saturated rings. The van der Waals surface area contributed by atoms with Crippen LogP contribution in [0.15, 0.2) is 84.9 Å². The van der Waals surface area contributed by atoms with Gasteiger partial charge in [0.25, 0.3) is 0 Å². The van der Waals surface area contributed by atoms with Crippen molar-refractivity contribution in [2.24, 2.45) is 5.92 Å². The second-order valence-corrected chi connectivity index (χ2v) is 8.58. The molecule has 1 amide bonds. The van der Waals surface area contributed by atoms with Gasteiger partial charge in [0.15, 0.2) is 5.78 Å². The van der Waals surface area contributed by atoms with Crippen LogP contribution in [0.4, 0.5) is 4.39 Å². The summed E-state index contributed by atoms with van der Waals surface area (Å²) in [6.45, 7) is 1.08. The normalized spacial score (nSPS) is 14.8. The Labute approximate surface area is 193 Å². The number of nitrogens with zero attached hydrogens (tertiary/aromatic N) is 1. The van der Waals surface area contributed by atoms with Crippen molar-refractivity contribution in [3.63, 3.8) is 0 Å². The van der Waals surface area contributed by atoms with Crippen molar-refractivity contribution in [3.8, 4) is 0 Å². The summed E-state index contributed by atoms with van der Waals surface area (Å²) in [6, 6.07) is 24.8. The van der Waals surface area contributed by atoms with Gasteiger partial charge in [0, 0.05) is 31.5 Å². The highest BCUT2D eigenvalue weighted by Crippen LogP contribution is 2.41. The molecule has 1 heterocycles. The second kappa shape index (κ2) is 10.1. The number of hydrogen-bond acceptors (Lipinski definition) is 3. The van der Waals surface area contributed by atoms with E-state index in [1.807, 2.05) is 60.7 Å². The van der Waals surface area contributed by atoms with Crippen molar-refractivity contribution in [1.29, 1.82) is 0 Å². The average molecular weight is 446 g/mol. The number of carbonyl (C=O) groups is 2. The third kappa shape index (κ3) is 5.04. The molecule has 0 spiro atoms. The molecule has 0 aromatic heterocycles. The lowest BCUT2D eigenvalue weighted by atomic mass is 9.72. The molecular weight excluding hydrogens is 417 g/mol. The van der Waals surface area contributed by atoms with Crippen molar-refractivity contribution >= 4 is 11.7 Å². The summed E-state index contributed by atoms with van der Waals surface area (Å²) in [5, 5.41) is 12.0. The van der Waals surface area contributed by atoms with Gasteiger partial charge in [-0.1, -0.05) is 60.7 Å². The maximum Gasteiger partial charge on any atom is 0.223 e. The quantitative estimate of drug-likeness (QED) is 0.523. The summed E-state index contributed by atoms with van der Waals surface area (Å²) < 4.78 is 13.0. The van der Waals surface area contributed by atoms with Crippen LogP contribution in [0, 0.1) is 11.7 Å². The molecule has 4 nitrogen and oxygen atoms in total. The molecule has 4 rings (SSSR count). The average Bonchev–Trinajstić information content (AvgIpc) is 2.88. The maximum absolute atomic E-state index is 13.0. The second-order valence-electron chi connectivity index (χ2n) is 8.58. The van der Waals surface area contributed by atoms with Crippen molar-refractivity contribution in [2.75, 3.05) is 13.1 Å². The molecule has 3 aromatic rings. The minimum atomic E-state index is -1.13. The number of Topliss-reactive ketones (excluding diaryl/α,β-unsaturated/α-hetero) is 1. The molecule has 1 N–H and O–H groups in total. The Morgan fingerprint density at radius 3 is 1.85 bits per heavy atom. The Kier molecular flexibility index (Phi) is 6.99. The molecule has 3 aromatic carbocycles. The largest absolute Gasteiger partial charge is 0.380 e. The summed E-state index contributed by atoms with van der Waals surface area (Å²) in [6.07, 6.45) is 1.56. The van der Waals surface area contributed by atoms with Crippen LogP contribution in [0.25, 0.3) is 0 Å². The van der Waals surface area contributed by atoms with E-state index < -0.39 is 11.4 Å². The Hall–Kier alpha value is -3.31. The van der Waals surface area contributed by atoms with Gasteiger partial charge in [-0.3, -0.25) is 9.59 Å². The predicted octanol–water partition coefficient (Wildman–Crippen LogP) is 4.96. The number of carbonyl (C=O) groups excluding carboxylic acids is 2. The van der Waals surface area contributed by atoms with Crippen LogP contribution < -0.4 is 0 Å². The van der Waals surface area contributed by atoms with Gasteiger partial charge >= 0.3 is 0 Å². The van der Waals surface area contributed by atoms with Crippen LogP contribution in [0.1, 0.15) is 47.2 Å². The number of hydrogen-bond donors (Lipinski definition) is 1. The first-order chi connectivity index (χ1) is 16.0. The van der Waals surface area contributed by atoms with Crippen LogP contribution in [-0.4, -0.2) is 34.8 Å². The Balaban J connectivity index is 1.40. The fourth-order valence-electron chi connectivity index (χ4n) is 4.73. The van der Waals surface area contributed by atoms with Crippen molar-refractivity contribution in [2.45, 2.75) is 31.3 Å². The molecule has 5 heteroatoms. The van der Waals surface area contributed by atoms with E-state index in [0.717, 1.165) is 11.1 Å². The van der Waals surface area contributed by atoms with Crippen LogP contribution in [0.5, 0.6) is 0 Å². The number of aliphatic hydroxyl groups is 1. The van der Waals surface area contributed by atoms with Gasteiger partial charge in [-0.05, 0) is 54.2 Å². The number of piperidine rings is 1. The number of benzene rings is 3. The lowest BCUT2D eigenvalue weighted by molar-refractivity contribution is -0.134. The monoisotopic (exact) mass is 445 g/mol. The Bertz CT molecular complexity index is 1040. The summed E-state index contributed by atoms with van der Waals surface area (Å²) in [4.78, 5) is 26.8. The minimum Gasteiger partial charge on any atom is -0.380 e. The zero-order chi connectivity index (χ0) is 23.3. The smallest absolute Gasteiger partial charge is 0.223 e. The zero-order valence-corrected chi connectivity index (χ0v) is 18.5. The first kappa shape index (κ1) is 22.9. The standard InChI is InChI=1S/C28H28FNO3/c29-25-13-11-21(12-14-25)26(31)15-16-27(32)30-19-17-24(18-20-30)28(33,22-7-3-1-4-8-22)23-9-5-2-6-10-23/h1-14,24,33H,15-20H2. The van der Waals surface area contributed by atoms with Gasteiger partial charge in [-0.15, -0.1) is 0 Å². The molecule has 0 atom stereocenters. The van der Waals surface area contributed by atoms with E-state index in [2.05, 4.69) is 0 Å². The van der Waals surface area contributed by atoms with E-state index in [1.165, 1.54) is 24.3 Å². The molecule has 0 radical (unpaired) electrons. The Morgan fingerprint density at radius 2 is 1.33 bits per heavy atom. The van der Waals surface area contributed by atoms with E-state index in [9.17, 15) is 19.1 Å². The van der Waals surface area contributed by atoms with Crippen LogP contribution in [0.3, 0.4) is 0 Å². The maximum atomic E-state index is 13.0. The fourth-order valence-corrected chi connectivity index (χ4v) is 4.73. The number of likely N-dealkylation sites (tertiary alicyclic amines) is 1. The fraction of sp³-hybridized carbons (Fsp3) is 0.286. The van der Waals surface area contributed by atoms with Gasteiger partial charge in [0.2, 0.25) is 5.91 Å². The van der Waals surface area contributed by atoms with E-state index in [-0.39, 0.29) is 30.4 Å². The lowest BCUT2D eigenvalue weighted by Crippen LogP contribution is -2.46. The lowest BCUT2D eigenvalue weighted by Gasteiger charge is -2.42. The first-order valence-corrected chi connectivity index (χ1v) is 11.4. The molecule has 1 aliphatic heterocycles. The summed E-state index contributed by atoms with van der Waals surface area (Å²) >= 11 is 0. The number of halogens is 1. The van der Waals surface area contributed by atoms with Gasteiger partial charge in [0.05, 0.1) is 0 Å². The van der Waals surface area contributed by atoms with Crippen LogP contribution in [0.2, 0.25) is 0 Å². The summed E-state index contributed by atoms with van der Waals surface area (Å²) in [7, 11) is 0. The van der Waals surface area contributed by atoms with Crippen molar-refractivity contribution in [3.05, 3.63) is 107 Å². The molecule has 170 valence electrons. The zero-order valence-electron chi connectivity index (χ0n) is 18.5. The van der Waals surface area contributed by atoms with E-state index >= 15 is 0 Å². The van der Waals surface area contributed by atoms with E-state index in [0.29, 0.717) is 31.5 Å². The topological polar surface area (TPSA) is 57.6 Å². The summed E-state index contributed by atoms with van der Waals surface area (Å²) in [5.41, 5.74) is 0.992. The first-order valence-electron chi connectivity index (χ1n) is 11.4. The van der Waals surface area contributed by atoms with Gasteiger partial charge in [-0.2, -0.15) is 0 Å².